The molecule has 0 radical (unpaired) electrons. The summed E-state index contributed by atoms with van der Waals surface area (Å²) < 4.78 is 5.15. The van der Waals surface area contributed by atoms with E-state index in [-0.39, 0.29) is 6.54 Å². The number of carboxylic acid groups (broad SMARTS) is 1. The lowest BCUT2D eigenvalue weighted by Crippen LogP contribution is -2.53. The van der Waals surface area contributed by atoms with Crippen LogP contribution in [0, 0.1) is 0 Å². The molecule has 4 N–H and O–H groups in total. The number of aliphatic carboxylic acids is 1. The molecule has 0 saturated carbocycles. The largest absolute Gasteiger partial charge is 0.481 e. The maximum atomic E-state index is 11.9. The van der Waals surface area contributed by atoms with E-state index in [1.54, 1.807) is 24.4 Å². The van der Waals surface area contributed by atoms with Crippen molar-refractivity contribution in [1.82, 2.24) is 20.6 Å². The van der Waals surface area contributed by atoms with Gasteiger partial charge in [0.05, 0.1) is 24.2 Å². The van der Waals surface area contributed by atoms with Gasteiger partial charge in [0, 0.05) is 24.4 Å². The minimum Gasteiger partial charge on any atom is -0.481 e. The van der Waals surface area contributed by atoms with Crippen LogP contribution in [-0.4, -0.2) is 58.4 Å². The van der Waals surface area contributed by atoms with Gasteiger partial charge in [0.2, 0.25) is 5.88 Å². The molecule has 0 amide bonds. The first-order valence-corrected chi connectivity index (χ1v) is 8.72. The molecule has 2 atom stereocenters. The van der Waals surface area contributed by atoms with Crippen molar-refractivity contribution in [3.8, 4) is 5.88 Å². The molecule has 2 aromatic heterocycles. The molecule has 3 rings (SSSR count). The molecular weight excluding hydrogens is 336 g/mol. The number of aromatic nitrogens is 2. The fourth-order valence-electron chi connectivity index (χ4n) is 3.35. The molecule has 140 valence electrons. The first-order valence-electron chi connectivity index (χ1n) is 8.72. The Labute approximate surface area is 151 Å². The van der Waals surface area contributed by atoms with Crippen LogP contribution in [0.3, 0.4) is 0 Å². The number of nitrogens with one attached hydrogen (secondary N) is 2. The number of pyridine rings is 2. The van der Waals surface area contributed by atoms with Crippen molar-refractivity contribution in [2.24, 2.45) is 0 Å². The summed E-state index contributed by atoms with van der Waals surface area (Å²) in [5.74, 6) is -0.448. The third kappa shape index (κ3) is 3.77. The Balaban J connectivity index is 1.82. The number of fused-ring (bicyclic) bond motifs is 1. The number of aliphatic hydroxyl groups excluding tert-OH is 1. The number of hydrogen-bond acceptors (Lipinski definition) is 7. The molecule has 0 bridgehead atoms. The molecule has 1 aliphatic heterocycles. The van der Waals surface area contributed by atoms with E-state index in [0.717, 1.165) is 13.0 Å². The van der Waals surface area contributed by atoms with E-state index in [1.807, 2.05) is 0 Å². The fraction of sp³-hybridized carbons (Fsp3) is 0.500. The second kappa shape index (κ2) is 7.94. The molecule has 26 heavy (non-hydrogen) atoms. The summed E-state index contributed by atoms with van der Waals surface area (Å²) in [6.07, 6.45) is 2.46. The number of ether oxygens (including phenoxy) is 1. The maximum absolute atomic E-state index is 11.9. The van der Waals surface area contributed by atoms with Crippen LogP contribution in [0.5, 0.6) is 5.88 Å². The highest BCUT2D eigenvalue weighted by Gasteiger charge is 2.38. The van der Waals surface area contributed by atoms with Crippen molar-refractivity contribution in [2.75, 3.05) is 26.7 Å². The number of β-amino-alcohol motifs (C(OH)–C–C–N with tert-alkyl or cyclic N) is 1. The smallest absolute Gasteiger partial charge is 0.323 e. The van der Waals surface area contributed by atoms with Crippen LogP contribution in [0.1, 0.15) is 30.9 Å². The first kappa shape index (κ1) is 18.5. The number of carbonyl (C=O) groups is 1. The highest BCUT2D eigenvalue weighted by molar-refractivity contribution is 5.79. The molecular formula is C18H24N4O4. The van der Waals surface area contributed by atoms with Crippen LogP contribution in [-0.2, 0) is 4.79 Å². The predicted octanol–water partition coefficient (Wildman–Crippen LogP) is 0.858. The SMILES string of the molecule is COc1ccc2nccc([C@H](O)CNC3(C(=O)O)CCCNCC3)c2n1. The van der Waals surface area contributed by atoms with Crippen LogP contribution in [0.2, 0.25) is 0 Å². The number of aliphatic hydroxyl groups is 1. The molecule has 8 nitrogen and oxygen atoms in total. The number of carboxylic acids is 1. The van der Waals surface area contributed by atoms with Gasteiger partial charge in [-0.15, -0.1) is 0 Å². The molecule has 1 unspecified atom stereocenters. The Morgan fingerprint density at radius 1 is 1.38 bits per heavy atom. The summed E-state index contributed by atoms with van der Waals surface area (Å²) in [4.78, 5) is 20.5. The Hall–Kier alpha value is -2.29. The van der Waals surface area contributed by atoms with Gasteiger partial charge in [0.25, 0.3) is 0 Å². The summed E-state index contributed by atoms with van der Waals surface area (Å²) in [6, 6.07) is 5.19. The maximum Gasteiger partial charge on any atom is 0.323 e. The molecule has 2 aromatic rings. The molecule has 0 aromatic carbocycles. The van der Waals surface area contributed by atoms with Crippen LogP contribution in [0.25, 0.3) is 11.0 Å². The van der Waals surface area contributed by atoms with Crippen molar-refractivity contribution in [3.05, 3.63) is 30.0 Å². The summed E-state index contributed by atoms with van der Waals surface area (Å²) in [6.45, 7) is 1.55. The van der Waals surface area contributed by atoms with E-state index in [2.05, 4.69) is 20.6 Å². The van der Waals surface area contributed by atoms with E-state index in [0.29, 0.717) is 41.9 Å². The van der Waals surface area contributed by atoms with Crippen molar-refractivity contribution in [1.29, 1.82) is 0 Å². The second-order valence-corrected chi connectivity index (χ2v) is 6.51. The van der Waals surface area contributed by atoms with Crippen molar-refractivity contribution < 1.29 is 19.7 Å². The van der Waals surface area contributed by atoms with Gasteiger partial charge < -0.3 is 20.3 Å². The second-order valence-electron chi connectivity index (χ2n) is 6.51. The quantitative estimate of drug-likeness (QED) is 0.599. The minimum absolute atomic E-state index is 0.115. The number of rotatable bonds is 6. The zero-order valence-electron chi connectivity index (χ0n) is 14.7. The van der Waals surface area contributed by atoms with Crippen molar-refractivity contribution >= 4 is 17.0 Å². The number of hydrogen-bond donors (Lipinski definition) is 4. The Bertz CT molecular complexity index is 775. The van der Waals surface area contributed by atoms with E-state index < -0.39 is 17.6 Å². The van der Waals surface area contributed by atoms with E-state index in [9.17, 15) is 15.0 Å². The topological polar surface area (TPSA) is 117 Å². The van der Waals surface area contributed by atoms with Gasteiger partial charge in [-0.05, 0) is 44.5 Å². The molecule has 1 fully saturated rings. The summed E-state index contributed by atoms with van der Waals surface area (Å²) >= 11 is 0. The van der Waals surface area contributed by atoms with Gasteiger partial charge in [0.15, 0.2) is 0 Å². The zero-order valence-corrected chi connectivity index (χ0v) is 14.7. The van der Waals surface area contributed by atoms with E-state index in [4.69, 9.17) is 4.74 Å². The van der Waals surface area contributed by atoms with Crippen LogP contribution in [0.15, 0.2) is 24.4 Å². The van der Waals surface area contributed by atoms with Crippen LogP contribution in [0.4, 0.5) is 0 Å². The predicted molar refractivity (Wildman–Crippen MR) is 96.1 cm³/mol. The average Bonchev–Trinajstić information content (AvgIpc) is 2.92. The van der Waals surface area contributed by atoms with Gasteiger partial charge in [-0.3, -0.25) is 15.1 Å². The third-order valence-electron chi connectivity index (χ3n) is 4.89. The van der Waals surface area contributed by atoms with Gasteiger partial charge in [-0.1, -0.05) is 0 Å². The number of nitrogens with zero attached hydrogens (tertiary/aromatic N) is 2. The van der Waals surface area contributed by atoms with E-state index in [1.165, 1.54) is 7.11 Å². The molecule has 3 heterocycles. The van der Waals surface area contributed by atoms with Gasteiger partial charge >= 0.3 is 5.97 Å². The summed E-state index contributed by atoms with van der Waals surface area (Å²) in [7, 11) is 1.53. The van der Waals surface area contributed by atoms with Crippen molar-refractivity contribution in [2.45, 2.75) is 30.9 Å². The fourth-order valence-corrected chi connectivity index (χ4v) is 3.35. The Morgan fingerprint density at radius 3 is 3.00 bits per heavy atom. The summed E-state index contributed by atoms with van der Waals surface area (Å²) in [5, 5.41) is 26.7. The third-order valence-corrected chi connectivity index (χ3v) is 4.89. The lowest BCUT2D eigenvalue weighted by Gasteiger charge is -2.30. The molecule has 1 aliphatic rings. The first-order chi connectivity index (χ1) is 12.6. The lowest BCUT2D eigenvalue weighted by molar-refractivity contribution is -0.145. The Kier molecular flexibility index (Phi) is 5.65. The Morgan fingerprint density at radius 2 is 2.23 bits per heavy atom. The zero-order chi connectivity index (χ0) is 18.6. The molecule has 0 spiro atoms. The van der Waals surface area contributed by atoms with Crippen LogP contribution < -0.4 is 15.4 Å². The van der Waals surface area contributed by atoms with Crippen molar-refractivity contribution in [3.63, 3.8) is 0 Å². The highest BCUT2D eigenvalue weighted by atomic mass is 16.5. The average molecular weight is 360 g/mol. The number of methoxy groups -OCH3 is 1. The minimum atomic E-state index is -1.03. The summed E-state index contributed by atoms with van der Waals surface area (Å²) in [5.41, 5.74) is 0.758. The standard InChI is InChI=1S/C18H24N4O4/c1-26-15-4-3-13-16(22-15)12(5-9-20-13)14(23)11-21-18(17(24)25)6-2-8-19-10-7-18/h3-5,9,14,19,21,23H,2,6-8,10-11H2,1H3,(H,24,25)/t14-,18?/m1/s1. The normalized spacial score (nSPS) is 21.9. The van der Waals surface area contributed by atoms with Gasteiger partial charge in [-0.25, -0.2) is 4.98 Å². The lowest BCUT2D eigenvalue weighted by atomic mass is 9.90. The monoisotopic (exact) mass is 360 g/mol. The molecule has 0 aliphatic carbocycles. The highest BCUT2D eigenvalue weighted by Crippen LogP contribution is 2.25. The van der Waals surface area contributed by atoms with Gasteiger partial charge in [-0.2, -0.15) is 0 Å². The molecule has 1 saturated heterocycles. The molecule has 8 heteroatoms. The van der Waals surface area contributed by atoms with Crippen LogP contribution >= 0.6 is 0 Å². The van der Waals surface area contributed by atoms with Gasteiger partial charge in [0.1, 0.15) is 5.54 Å². The van der Waals surface area contributed by atoms with E-state index >= 15 is 0 Å².